The van der Waals surface area contributed by atoms with Gasteiger partial charge in [0.25, 0.3) is 0 Å². The molecular weight excluding hydrogens is 203 g/mol. The van der Waals surface area contributed by atoms with Crippen molar-refractivity contribution in [3.05, 3.63) is 42.2 Å². The number of rotatable bonds is 2. The molecule has 0 aliphatic rings. The van der Waals surface area contributed by atoms with Crippen LogP contribution < -0.4 is 34.5 Å². The summed E-state index contributed by atoms with van der Waals surface area (Å²) in [4.78, 5) is 9.59. The summed E-state index contributed by atoms with van der Waals surface area (Å²) in [6.07, 6.45) is 1.78. The Morgan fingerprint density at radius 3 is 2.50 bits per heavy atom. The molecule has 1 aromatic carbocycles. The Hall–Kier alpha value is -0.220. The molecule has 0 spiro atoms. The minimum absolute atomic E-state index is 0. The van der Waals surface area contributed by atoms with Gasteiger partial charge < -0.3 is 9.97 Å². The molecule has 0 aliphatic heterocycles. The number of benzene rings is 1. The number of nitrogens with zero attached hydrogens (tertiary/aromatic N) is 2. The molecule has 2 rings (SSSR count). The normalized spacial score (nSPS) is 9.50. The van der Waals surface area contributed by atoms with Crippen LogP contribution in [0.25, 0.3) is 0 Å². The first-order valence-corrected chi connectivity index (χ1v) is 4.85. The van der Waals surface area contributed by atoms with Crippen molar-refractivity contribution in [1.82, 2.24) is 9.97 Å². The number of imidazole rings is 1. The Morgan fingerprint density at radius 2 is 1.93 bits per heavy atom. The minimum Gasteiger partial charge on any atom is -0.437 e. The Labute approximate surface area is 110 Å². The van der Waals surface area contributed by atoms with E-state index >= 15 is 0 Å². The Balaban J connectivity index is 0.000000980. The van der Waals surface area contributed by atoms with E-state index in [-0.39, 0.29) is 29.6 Å². The average molecular weight is 212 g/mol. The van der Waals surface area contributed by atoms with E-state index in [1.54, 1.807) is 18.0 Å². The van der Waals surface area contributed by atoms with Crippen molar-refractivity contribution in [2.24, 2.45) is 0 Å². The Kier molecular flexibility index (Phi) is 4.75. The molecule has 0 bridgehead atoms. The third kappa shape index (κ3) is 3.17. The summed E-state index contributed by atoms with van der Waals surface area (Å²) >= 11 is 1.59. The van der Waals surface area contributed by atoms with Crippen LogP contribution in [0, 0.1) is 6.92 Å². The van der Waals surface area contributed by atoms with Crippen molar-refractivity contribution < 1.29 is 29.6 Å². The standard InChI is InChI=1S/C10H9N2S.Na/c1-8-7-11-10(12-8)13-9-5-3-2-4-6-9;/h2-7H,1H3;/q-1;+1. The summed E-state index contributed by atoms with van der Waals surface area (Å²) in [6.45, 7) is 1.95. The zero-order chi connectivity index (χ0) is 9.10. The molecule has 1 heterocycles. The van der Waals surface area contributed by atoms with Gasteiger partial charge in [0.05, 0.1) is 0 Å². The summed E-state index contributed by atoms with van der Waals surface area (Å²) in [5.41, 5.74) is 0.971. The van der Waals surface area contributed by atoms with Crippen molar-refractivity contribution in [2.75, 3.05) is 0 Å². The first-order chi connectivity index (χ1) is 6.34. The van der Waals surface area contributed by atoms with Crippen LogP contribution in [0.4, 0.5) is 0 Å². The predicted octanol–water partition coefficient (Wildman–Crippen LogP) is -0.498. The third-order valence-electron chi connectivity index (χ3n) is 1.59. The number of aromatic nitrogens is 2. The van der Waals surface area contributed by atoms with Gasteiger partial charge in [-0.1, -0.05) is 41.9 Å². The molecule has 2 nitrogen and oxygen atoms in total. The van der Waals surface area contributed by atoms with Crippen LogP contribution in [-0.2, 0) is 0 Å². The molecule has 14 heavy (non-hydrogen) atoms. The van der Waals surface area contributed by atoms with E-state index in [9.17, 15) is 0 Å². The molecule has 4 heteroatoms. The zero-order valence-electron chi connectivity index (χ0n) is 8.27. The van der Waals surface area contributed by atoms with Gasteiger partial charge in [-0.15, -0.1) is 0 Å². The van der Waals surface area contributed by atoms with E-state index in [0.29, 0.717) is 0 Å². The fraction of sp³-hybridized carbons (Fsp3) is 0.100. The van der Waals surface area contributed by atoms with E-state index in [1.165, 1.54) is 4.90 Å². The maximum absolute atomic E-state index is 4.26. The molecular formula is C10H9N2NaS. The van der Waals surface area contributed by atoms with E-state index in [2.05, 4.69) is 22.1 Å². The SMILES string of the molecule is Cc1c[n-]c(Sc2ccccc2)n1.[Na+]. The van der Waals surface area contributed by atoms with Gasteiger partial charge in [-0.25, -0.2) is 0 Å². The van der Waals surface area contributed by atoms with Gasteiger partial charge in [0, 0.05) is 4.90 Å². The van der Waals surface area contributed by atoms with E-state index in [1.807, 2.05) is 25.1 Å². The van der Waals surface area contributed by atoms with Gasteiger partial charge in [-0.2, -0.15) is 0 Å². The maximum atomic E-state index is 4.26. The second kappa shape index (κ2) is 5.61. The van der Waals surface area contributed by atoms with Crippen molar-refractivity contribution in [3.8, 4) is 0 Å². The van der Waals surface area contributed by atoms with Crippen molar-refractivity contribution >= 4 is 11.8 Å². The van der Waals surface area contributed by atoms with Crippen LogP contribution in [0.3, 0.4) is 0 Å². The molecule has 0 saturated carbocycles. The first-order valence-electron chi connectivity index (χ1n) is 4.04. The molecule has 0 atom stereocenters. The monoisotopic (exact) mass is 212 g/mol. The molecule has 0 N–H and O–H groups in total. The van der Waals surface area contributed by atoms with Gasteiger partial charge in [-0.3, -0.25) is 0 Å². The smallest absolute Gasteiger partial charge is 0.437 e. The fourth-order valence-electron chi connectivity index (χ4n) is 1.00. The largest absolute Gasteiger partial charge is 1.00 e. The number of aryl methyl sites for hydroxylation is 1. The third-order valence-corrected chi connectivity index (χ3v) is 2.47. The van der Waals surface area contributed by atoms with Crippen LogP contribution in [0.15, 0.2) is 46.6 Å². The van der Waals surface area contributed by atoms with Crippen LogP contribution in [0.5, 0.6) is 0 Å². The molecule has 0 radical (unpaired) electrons. The fourth-order valence-corrected chi connectivity index (χ4v) is 1.80. The van der Waals surface area contributed by atoms with Crippen LogP contribution in [0.2, 0.25) is 0 Å². The van der Waals surface area contributed by atoms with Crippen molar-refractivity contribution in [1.29, 1.82) is 0 Å². The van der Waals surface area contributed by atoms with Crippen LogP contribution in [-0.4, -0.2) is 4.98 Å². The van der Waals surface area contributed by atoms with E-state index in [0.717, 1.165) is 10.9 Å². The summed E-state index contributed by atoms with van der Waals surface area (Å²) in [5, 5.41) is 0.823. The Bertz CT molecular complexity index is 386. The second-order valence-corrected chi connectivity index (χ2v) is 3.75. The Morgan fingerprint density at radius 1 is 1.21 bits per heavy atom. The van der Waals surface area contributed by atoms with Crippen molar-refractivity contribution in [2.45, 2.75) is 17.0 Å². The average Bonchev–Trinajstić information content (AvgIpc) is 2.53. The van der Waals surface area contributed by atoms with Crippen LogP contribution >= 0.6 is 11.8 Å². The quantitative estimate of drug-likeness (QED) is 0.628. The van der Waals surface area contributed by atoms with Gasteiger partial charge >= 0.3 is 29.6 Å². The maximum Gasteiger partial charge on any atom is 1.00 e. The molecule has 0 unspecified atom stereocenters. The summed E-state index contributed by atoms with van der Waals surface area (Å²) < 4.78 is 0. The van der Waals surface area contributed by atoms with Crippen molar-refractivity contribution in [3.63, 3.8) is 0 Å². The first kappa shape index (κ1) is 11.9. The topological polar surface area (TPSA) is 27.0 Å². The number of hydrogen-bond donors (Lipinski definition) is 0. The molecule has 1 aromatic heterocycles. The van der Waals surface area contributed by atoms with E-state index in [4.69, 9.17) is 0 Å². The summed E-state index contributed by atoms with van der Waals surface area (Å²) in [5.74, 6) is 0. The molecule has 0 amide bonds. The second-order valence-electron chi connectivity index (χ2n) is 2.71. The number of hydrogen-bond acceptors (Lipinski definition) is 2. The van der Waals surface area contributed by atoms with Gasteiger partial charge in [0.15, 0.2) is 0 Å². The summed E-state index contributed by atoms with van der Waals surface area (Å²) in [7, 11) is 0. The van der Waals surface area contributed by atoms with Gasteiger partial charge in [-0.05, 0) is 24.2 Å². The van der Waals surface area contributed by atoms with E-state index < -0.39 is 0 Å². The molecule has 0 aliphatic carbocycles. The predicted molar refractivity (Wildman–Crippen MR) is 52.9 cm³/mol. The zero-order valence-corrected chi connectivity index (χ0v) is 11.1. The van der Waals surface area contributed by atoms with Gasteiger partial charge in [0.1, 0.15) is 0 Å². The molecule has 2 aromatic rings. The molecule has 66 valence electrons. The van der Waals surface area contributed by atoms with Gasteiger partial charge in [0.2, 0.25) is 0 Å². The summed E-state index contributed by atoms with van der Waals surface area (Å²) in [6, 6.07) is 10.1. The minimum atomic E-state index is 0. The molecule has 0 saturated heterocycles. The van der Waals surface area contributed by atoms with Crippen LogP contribution in [0.1, 0.15) is 5.69 Å². The molecule has 0 fully saturated rings.